The van der Waals surface area contributed by atoms with E-state index in [4.69, 9.17) is 16.3 Å². The predicted octanol–water partition coefficient (Wildman–Crippen LogP) is 3.97. The van der Waals surface area contributed by atoms with Crippen molar-refractivity contribution in [2.75, 3.05) is 0 Å². The topological polar surface area (TPSA) is 73.2 Å². The van der Waals surface area contributed by atoms with E-state index in [1.165, 1.54) is 48.0 Å². The van der Waals surface area contributed by atoms with Gasteiger partial charge in [-0.25, -0.2) is 18.3 Å². The second kappa shape index (κ2) is 9.04. The van der Waals surface area contributed by atoms with Crippen LogP contribution in [0, 0.1) is 18.6 Å². The molecule has 2 aromatic carbocycles. The largest absolute Gasteiger partial charge is 0.449 e. The van der Waals surface area contributed by atoms with Crippen molar-refractivity contribution in [2.45, 2.75) is 26.5 Å². The zero-order valence-electron chi connectivity index (χ0n) is 16.2. The lowest BCUT2D eigenvalue weighted by molar-refractivity contribution is -0.129. The molecule has 1 heterocycles. The van der Waals surface area contributed by atoms with Crippen molar-refractivity contribution in [1.29, 1.82) is 0 Å². The van der Waals surface area contributed by atoms with Gasteiger partial charge in [-0.1, -0.05) is 23.7 Å². The molecule has 0 aliphatic rings. The normalized spacial score (nSPS) is 11.8. The highest BCUT2D eigenvalue weighted by molar-refractivity contribution is 6.33. The Labute approximate surface area is 176 Å². The highest BCUT2D eigenvalue weighted by Crippen LogP contribution is 2.25. The maximum absolute atomic E-state index is 13.1. The van der Waals surface area contributed by atoms with Crippen LogP contribution in [0.3, 0.4) is 0 Å². The lowest BCUT2D eigenvalue weighted by Crippen LogP contribution is -2.35. The number of aromatic nitrogens is 2. The summed E-state index contributed by atoms with van der Waals surface area (Å²) < 4.78 is 32.6. The maximum Gasteiger partial charge on any atom is 0.344 e. The number of carbonyl (C=O) groups excluding carboxylic acids is 2. The summed E-state index contributed by atoms with van der Waals surface area (Å²) in [6.07, 6.45) is -1.09. The van der Waals surface area contributed by atoms with E-state index >= 15 is 0 Å². The first kappa shape index (κ1) is 21.4. The van der Waals surface area contributed by atoms with Crippen molar-refractivity contribution in [1.82, 2.24) is 15.1 Å². The van der Waals surface area contributed by atoms with Crippen LogP contribution in [-0.4, -0.2) is 27.8 Å². The Morgan fingerprint density at radius 1 is 1.10 bits per heavy atom. The van der Waals surface area contributed by atoms with E-state index in [1.54, 1.807) is 19.1 Å². The molecule has 156 valence electrons. The first-order valence-electron chi connectivity index (χ1n) is 9.00. The summed E-state index contributed by atoms with van der Waals surface area (Å²) in [5.74, 6) is -2.12. The van der Waals surface area contributed by atoms with Crippen molar-refractivity contribution < 1.29 is 23.1 Å². The number of carbonyl (C=O) groups is 2. The minimum Gasteiger partial charge on any atom is -0.449 e. The number of benzene rings is 2. The molecule has 0 spiro atoms. The van der Waals surface area contributed by atoms with E-state index < -0.39 is 23.8 Å². The van der Waals surface area contributed by atoms with Gasteiger partial charge in [0, 0.05) is 6.54 Å². The second-order valence-electron chi connectivity index (χ2n) is 6.53. The van der Waals surface area contributed by atoms with E-state index in [1.807, 2.05) is 0 Å². The van der Waals surface area contributed by atoms with Crippen LogP contribution in [0.25, 0.3) is 5.69 Å². The first-order valence-corrected chi connectivity index (χ1v) is 9.38. The van der Waals surface area contributed by atoms with Crippen LogP contribution in [0.2, 0.25) is 5.15 Å². The molecule has 0 saturated heterocycles. The molecule has 0 radical (unpaired) electrons. The summed E-state index contributed by atoms with van der Waals surface area (Å²) in [5, 5.41) is 6.80. The van der Waals surface area contributed by atoms with Crippen LogP contribution < -0.4 is 5.32 Å². The summed E-state index contributed by atoms with van der Waals surface area (Å²) in [6.45, 7) is 3.15. The van der Waals surface area contributed by atoms with E-state index in [2.05, 4.69) is 10.4 Å². The second-order valence-corrected chi connectivity index (χ2v) is 6.89. The fourth-order valence-electron chi connectivity index (χ4n) is 2.69. The van der Waals surface area contributed by atoms with E-state index in [-0.39, 0.29) is 23.1 Å². The molecule has 1 aromatic heterocycles. The predicted molar refractivity (Wildman–Crippen MR) is 106 cm³/mol. The van der Waals surface area contributed by atoms with Gasteiger partial charge in [-0.15, -0.1) is 0 Å². The molecular weight excluding hydrogens is 416 g/mol. The van der Waals surface area contributed by atoms with Gasteiger partial charge >= 0.3 is 5.97 Å². The number of hydrogen-bond acceptors (Lipinski definition) is 4. The molecule has 1 atom stereocenters. The van der Waals surface area contributed by atoms with Crippen LogP contribution in [0.15, 0.2) is 48.5 Å². The average Bonchev–Trinajstić information content (AvgIpc) is 3.01. The number of amides is 1. The monoisotopic (exact) mass is 433 g/mol. The van der Waals surface area contributed by atoms with E-state index in [0.717, 1.165) is 0 Å². The molecule has 0 fully saturated rings. The van der Waals surface area contributed by atoms with Gasteiger partial charge in [0.2, 0.25) is 0 Å². The molecule has 0 bridgehead atoms. The van der Waals surface area contributed by atoms with Gasteiger partial charge in [-0.3, -0.25) is 4.79 Å². The fraction of sp³-hybridized carbons (Fsp3) is 0.190. The third kappa shape index (κ3) is 4.83. The number of nitrogens with zero attached hydrogens (tertiary/aromatic N) is 2. The van der Waals surface area contributed by atoms with Crippen LogP contribution in [0.5, 0.6) is 0 Å². The number of halogens is 3. The van der Waals surface area contributed by atoms with E-state index in [0.29, 0.717) is 16.9 Å². The van der Waals surface area contributed by atoms with Crippen LogP contribution >= 0.6 is 11.6 Å². The average molecular weight is 434 g/mol. The molecule has 9 heteroatoms. The van der Waals surface area contributed by atoms with Crippen LogP contribution in [-0.2, 0) is 16.1 Å². The number of ether oxygens (including phenoxy) is 1. The smallest absolute Gasteiger partial charge is 0.344 e. The molecule has 6 nitrogen and oxygen atoms in total. The minimum atomic E-state index is -1.09. The lowest BCUT2D eigenvalue weighted by atomic mass is 10.2. The molecule has 1 N–H and O–H groups in total. The van der Waals surface area contributed by atoms with Crippen LogP contribution in [0.4, 0.5) is 8.78 Å². The summed E-state index contributed by atoms with van der Waals surface area (Å²) in [5.41, 5.74) is 1.48. The highest BCUT2D eigenvalue weighted by atomic mass is 35.5. The molecule has 3 aromatic rings. The zero-order chi connectivity index (χ0) is 21.8. The third-order valence-corrected chi connectivity index (χ3v) is 4.66. The summed E-state index contributed by atoms with van der Waals surface area (Å²) >= 11 is 6.29. The highest BCUT2D eigenvalue weighted by Gasteiger charge is 2.26. The molecule has 0 saturated carbocycles. The molecule has 1 amide bonds. The van der Waals surface area contributed by atoms with Gasteiger partial charge < -0.3 is 10.1 Å². The maximum atomic E-state index is 13.1. The van der Waals surface area contributed by atoms with Gasteiger partial charge in [-0.2, -0.15) is 5.10 Å². The molecule has 3 rings (SSSR count). The summed E-state index contributed by atoms with van der Waals surface area (Å²) in [7, 11) is 0. The van der Waals surface area contributed by atoms with Crippen molar-refractivity contribution in [3.8, 4) is 5.69 Å². The van der Waals surface area contributed by atoms with Gasteiger partial charge in [0.05, 0.1) is 11.4 Å². The molecule has 0 aliphatic heterocycles. The van der Waals surface area contributed by atoms with E-state index in [9.17, 15) is 18.4 Å². The molecular formula is C21H18ClF2N3O3. The zero-order valence-corrected chi connectivity index (χ0v) is 16.9. The summed E-state index contributed by atoms with van der Waals surface area (Å²) in [4.78, 5) is 24.8. The molecule has 1 unspecified atom stereocenters. The number of esters is 1. The summed E-state index contributed by atoms with van der Waals surface area (Å²) in [6, 6.07) is 11.1. The Kier molecular flexibility index (Phi) is 6.47. The standard InChI is InChI=1S/C21H18ClF2N3O3/c1-12-18(19(22)27(26-12)17-9-7-16(24)8-10-17)21(29)30-13(2)20(28)25-11-14-3-5-15(23)6-4-14/h3-10,13H,11H2,1-2H3,(H,25,28). The van der Waals surface area contributed by atoms with Gasteiger partial charge in [0.1, 0.15) is 22.4 Å². The Morgan fingerprint density at radius 3 is 2.27 bits per heavy atom. The first-order chi connectivity index (χ1) is 14.3. The van der Waals surface area contributed by atoms with Gasteiger partial charge in [0.25, 0.3) is 5.91 Å². The quantitative estimate of drug-likeness (QED) is 0.597. The number of hydrogen-bond donors (Lipinski definition) is 1. The number of nitrogens with one attached hydrogen (secondary N) is 1. The SMILES string of the molecule is Cc1nn(-c2ccc(F)cc2)c(Cl)c1C(=O)OC(C)C(=O)NCc1ccc(F)cc1. The Balaban J connectivity index is 1.67. The number of aryl methyl sites for hydroxylation is 1. The van der Waals surface area contributed by atoms with Crippen molar-refractivity contribution in [2.24, 2.45) is 0 Å². The number of rotatable bonds is 6. The van der Waals surface area contributed by atoms with Crippen molar-refractivity contribution in [3.63, 3.8) is 0 Å². The Bertz CT molecular complexity index is 1070. The fourth-order valence-corrected chi connectivity index (χ4v) is 3.04. The third-order valence-electron chi connectivity index (χ3n) is 4.31. The molecule has 0 aliphatic carbocycles. The van der Waals surface area contributed by atoms with Gasteiger partial charge in [0.15, 0.2) is 6.10 Å². The lowest BCUT2D eigenvalue weighted by Gasteiger charge is -2.13. The Morgan fingerprint density at radius 2 is 1.67 bits per heavy atom. The van der Waals surface area contributed by atoms with Crippen molar-refractivity contribution in [3.05, 3.63) is 82.1 Å². The Hall–Kier alpha value is -3.26. The molecule has 30 heavy (non-hydrogen) atoms. The minimum absolute atomic E-state index is 0.0111. The van der Waals surface area contributed by atoms with Crippen molar-refractivity contribution >= 4 is 23.5 Å². The van der Waals surface area contributed by atoms with Gasteiger partial charge in [-0.05, 0) is 55.8 Å². The van der Waals surface area contributed by atoms with Crippen LogP contribution in [0.1, 0.15) is 28.5 Å².